The van der Waals surface area contributed by atoms with Gasteiger partial charge >= 0.3 is 6.36 Å². The van der Waals surface area contributed by atoms with Crippen molar-refractivity contribution >= 4 is 6.29 Å². The van der Waals surface area contributed by atoms with E-state index in [1.54, 1.807) is 0 Å². The highest BCUT2D eigenvalue weighted by molar-refractivity contribution is 5.80. The summed E-state index contributed by atoms with van der Waals surface area (Å²) in [6.45, 7) is 1.52. The SMILES string of the molecule is COc1nc(C)cc(C=O)c1OC(F)(F)F. The number of aryl methyl sites for hydroxylation is 1. The summed E-state index contributed by atoms with van der Waals surface area (Å²) >= 11 is 0. The molecule has 1 aromatic heterocycles. The van der Waals surface area contributed by atoms with Crippen LogP contribution in [0.15, 0.2) is 6.07 Å². The van der Waals surface area contributed by atoms with Crippen molar-refractivity contribution in [2.45, 2.75) is 13.3 Å². The second-order valence-electron chi connectivity index (χ2n) is 2.86. The van der Waals surface area contributed by atoms with Gasteiger partial charge in [-0.25, -0.2) is 4.98 Å². The van der Waals surface area contributed by atoms with Crippen LogP contribution >= 0.6 is 0 Å². The third-order valence-corrected chi connectivity index (χ3v) is 1.64. The number of alkyl halides is 3. The highest BCUT2D eigenvalue weighted by Gasteiger charge is 2.34. The summed E-state index contributed by atoms with van der Waals surface area (Å²) in [7, 11) is 1.14. The van der Waals surface area contributed by atoms with Crippen molar-refractivity contribution in [1.82, 2.24) is 4.98 Å². The van der Waals surface area contributed by atoms with E-state index >= 15 is 0 Å². The normalized spacial score (nSPS) is 11.1. The maximum Gasteiger partial charge on any atom is 0.573 e. The molecule has 0 amide bonds. The van der Waals surface area contributed by atoms with E-state index in [-0.39, 0.29) is 17.7 Å². The lowest BCUT2D eigenvalue weighted by Crippen LogP contribution is -2.19. The van der Waals surface area contributed by atoms with E-state index < -0.39 is 12.1 Å². The lowest BCUT2D eigenvalue weighted by Gasteiger charge is -2.13. The summed E-state index contributed by atoms with van der Waals surface area (Å²) in [4.78, 5) is 14.3. The smallest absolute Gasteiger partial charge is 0.478 e. The van der Waals surface area contributed by atoms with Crippen molar-refractivity contribution in [1.29, 1.82) is 0 Å². The van der Waals surface area contributed by atoms with E-state index in [2.05, 4.69) is 14.5 Å². The van der Waals surface area contributed by atoms with Gasteiger partial charge in [-0.2, -0.15) is 0 Å². The Hall–Kier alpha value is -1.79. The predicted octanol–water partition coefficient (Wildman–Crippen LogP) is 2.11. The Morgan fingerprint density at radius 2 is 2.06 bits per heavy atom. The largest absolute Gasteiger partial charge is 0.573 e. The first-order chi connectivity index (χ1) is 7.37. The number of rotatable bonds is 3. The average Bonchev–Trinajstić information content (AvgIpc) is 2.18. The van der Waals surface area contributed by atoms with Crippen LogP contribution in [0.2, 0.25) is 0 Å². The average molecular weight is 235 g/mol. The van der Waals surface area contributed by atoms with Gasteiger partial charge in [0.05, 0.1) is 12.7 Å². The summed E-state index contributed by atoms with van der Waals surface area (Å²) < 4.78 is 44.5. The molecule has 1 aromatic rings. The van der Waals surface area contributed by atoms with Crippen molar-refractivity contribution in [3.05, 3.63) is 17.3 Å². The standard InChI is InChI=1S/C9H8F3NO3/c1-5-3-6(4-14)7(8(13-5)15-2)16-9(10,11)12/h3-4H,1-2H3. The minimum Gasteiger partial charge on any atom is -0.478 e. The topological polar surface area (TPSA) is 48.4 Å². The molecule has 0 unspecified atom stereocenters. The Balaban J connectivity index is 3.27. The molecule has 0 aliphatic heterocycles. The number of hydrogen-bond acceptors (Lipinski definition) is 4. The molecule has 0 aliphatic rings. The van der Waals surface area contributed by atoms with Crippen LogP contribution in [-0.2, 0) is 0 Å². The molecule has 88 valence electrons. The quantitative estimate of drug-likeness (QED) is 0.753. The van der Waals surface area contributed by atoms with Crippen LogP contribution in [0.3, 0.4) is 0 Å². The third kappa shape index (κ3) is 2.85. The summed E-state index contributed by atoms with van der Waals surface area (Å²) in [6, 6.07) is 1.18. The molecule has 0 saturated carbocycles. The van der Waals surface area contributed by atoms with Crippen molar-refractivity contribution in [2.24, 2.45) is 0 Å². The van der Waals surface area contributed by atoms with E-state index in [1.807, 2.05) is 0 Å². The van der Waals surface area contributed by atoms with Crippen LogP contribution in [0.4, 0.5) is 13.2 Å². The summed E-state index contributed by atoms with van der Waals surface area (Å²) in [5, 5.41) is 0. The van der Waals surface area contributed by atoms with Gasteiger partial charge in [-0.05, 0) is 13.0 Å². The van der Waals surface area contributed by atoms with Gasteiger partial charge in [-0.3, -0.25) is 4.79 Å². The molecule has 0 aliphatic carbocycles. The number of ether oxygens (including phenoxy) is 2. The Bertz CT molecular complexity index is 404. The second-order valence-corrected chi connectivity index (χ2v) is 2.86. The minimum atomic E-state index is -4.90. The third-order valence-electron chi connectivity index (χ3n) is 1.64. The Morgan fingerprint density at radius 1 is 1.44 bits per heavy atom. The molecular weight excluding hydrogens is 227 g/mol. The van der Waals surface area contributed by atoms with Crippen molar-refractivity contribution < 1.29 is 27.4 Å². The molecule has 0 bridgehead atoms. The number of aldehydes is 1. The zero-order valence-corrected chi connectivity index (χ0v) is 8.46. The zero-order valence-electron chi connectivity index (χ0n) is 8.46. The molecule has 0 spiro atoms. The summed E-state index contributed by atoms with van der Waals surface area (Å²) in [5.41, 5.74) is 0.0927. The van der Waals surface area contributed by atoms with Crippen LogP contribution < -0.4 is 9.47 Å². The lowest BCUT2D eigenvalue weighted by molar-refractivity contribution is -0.275. The van der Waals surface area contributed by atoms with E-state index in [1.165, 1.54) is 13.0 Å². The van der Waals surface area contributed by atoms with Crippen LogP contribution in [0, 0.1) is 6.92 Å². The summed E-state index contributed by atoms with van der Waals surface area (Å²) in [6.07, 6.45) is -4.65. The Morgan fingerprint density at radius 3 is 2.50 bits per heavy atom. The van der Waals surface area contributed by atoms with Gasteiger partial charge in [-0.1, -0.05) is 0 Å². The van der Waals surface area contributed by atoms with Crippen molar-refractivity contribution in [3.8, 4) is 11.6 Å². The number of halogens is 3. The highest BCUT2D eigenvalue weighted by atomic mass is 19.4. The molecule has 4 nitrogen and oxygen atoms in total. The fraction of sp³-hybridized carbons (Fsp3) is 0.333. The maximum absolute atomic E-state index is 12.1. The molecule has 16 heavy (non-hydrogen) atoms. The van der Waals surface area contributed by atoms with Crippen LogP contribution in [-0.4, -0.2) is 24.7 Å². The molecule has 0 aromatic carbocycles. The predicted molar refractivity (Wildman–Crippen MR) is 47.6 cm³/mol. The van der Waals surface area contributed by atoms with E-state index in [4.69, 9.17) is 0 Å². The molecule has 0 radical (unpaired) electrons. The summed E-state index contributed by atoms with van der Waals surface area (Å²) in [5.74, 6) is -1.10. The molecule has 0 fully saturated rings. The second kappa shape index (κ2) is 4.38. The van der Waals surface area contributed by atoms with Crippen LogP contribution in [0.25, 0.3) is 0 Å². The van der Waals surface area contributed by atoms with Gasteiger partial charge in [0, 0.05) is 5.69 Å². The van der Waals surface area contributed by atoms with Gasteiger partial charge in [0.1, 0.15) is 0 Å². The molecule has 7 heteroatoms. The first kappa shape index (κ1) is 12.3. The van der Waals surface area contributed by atoms with Gasteiger partial charge in [0.15, 0.2) is 6.29 Å². The van der Waals surface area contributed by atoms with Gasteiger partial charge in [0.2, 0.25) is 5.75 Å². The number of nitrogens with zero attached hydrogens (tertiary/aromatic N) is 1. The number of pyridine rings is 1. The monoisotopic (exact) mass is 235 g/mol. The minimum absolute atomic E-state index is 0.248. The number of aromatic nitrogens is 1. The van der Waals surface area contributed by atoms with E-state index in [0.29, 0.717) is 5.69 Å². The van der Waals surface area contributed by atoms with Crippen LogP contribution in [0.1, 0.15) is 16.1 Å². The Kier molecular flexibility index (Phi) is 3.36. The molecule has 1 heterocycles. The molecule has 0 atom stereocenters. The highest BCUT2D eigenvalue weighted by Crippen LogP contribution is 2.33. The molecule has 0 saturated heterocycles. The Labute approximate surface area is 89.0 Å². The van der Waals surface area contributed by atoms with Gasteiger partial charge in [0.25, 0.3) is 5.88 Å². The first-order valence-corrected chi connectivity index (χ1v) is 4.14. The van der Waals surface area contributed by atoms with Crippen LogP contribution in [0.5, 0.6) is 11.6 Å². The lowest BCUT2D eigenvalue weighted by atomic mass is 10.2. The number of methoxy groups -OCH3 is 1. The van der Waals surface area contributed by atoms with Crippen molar-refractivity contribution in [3.63, 3.8) is 0 Å². The molecule has 1 rings (SSSR count). The van der Waals surface area contributed by atoms with Gasteiger partial charge in [-0.15, -0.1) is 13.2 Å². The fourth-order valence-electron chi connectivity index (χ4n) is 1.10. The van der Waals surface area contributed by atoms with E-state index in [9.17, 15) is 18.0 Å². The number of hydrogen-bond donors (Lipinski definition) is 0. The van der Waals surface area contributed by atoms with Crippen molar-refractivity contribution in [2.75, 3.05) is 7.11 Å². The molecular formula is C9H8F3NO3. The molecule has 0 N–H and O–H groups in total. The van der Waals surface area contributed by atoms with E-state index in [0.717, 1.165) is 7.11 Å². The number of carbonyl (C=O) groups is 1. The number of carbonyl (C=O) groups excluding carboxylic acids is 1. The van der Waals surface area contributed by atoms with Gasteiger partial charge < -0.3 is 9.47 Å². The maximum atomic E-state index is 12.1. The fourth-order valence-corrected chi connectivity index (χ4v) is 1.10. The zero-order chi connectivity index (χ0) is 12.3. The first-order valence-electron chi connectivity index (χ1n) is 4.14.